The van der Waals surface area contributed by atoms with E-state index in [1.165, 1.54) is 31.4 Å². The second kappa shape index (κ2) is 4.44. The lowest BCUT2D eigenvalue weighted by Crippen LogP contribution is -2.22. The fourth-order valence-corrected chi connectivity index (χ4v) is 3.11. The molecule has 1 aromatic rings. The Morgan fingerprint density at radius 3 is 2.56 bits per heavy atom. The number of aryl methyl sites for hydroxylation is 1. The average Bonchev–Trinajstić information content (AvgIpc) is 2.55. The normalized spacial score (nSPS) is 25.7. The molecule has 2 unspecified atom stereocenters. The van der Waals surface area contributed by atoms with Gasteiger partial charge in [-0.15, -0.1) is 0 Å². The lowest BCUT2D eigenvalue weighted by atomic mass is 9.85. The van der Waals surface area contributed by atoms with Crippen molar-refractivity contribution in [1.82, 2.24) is 4.57 Å². The van der Waals surface area contributed by atoms with Crippen LogP contribution in [0.3, 0.4) is 0 Å². The van der Waals surface area contributed by atoms with Gasteiger partial charge in [0.15, 0.2) is 6.29 Å². The number of aldehydes is 1. The van der Waals surface area contributed by atoms with Crippen LogP contribution in [0.15, 0.2) is 6.07 Å². The molecule has 0 spiro atoms. The Bertz CT molecular complexity index is 392. The van der Waals surface area contributed by atoms with Gasteiger partial charge in [0.2, 0.25) is 0 Å². The molecule has 0 bridgehead atoms. The minimum absolute atomic E-state index is 0.599. The number of hydrogen-bond donors (Lipinski definition) is 0. The van der Waals surface area contributed by atoms with E-state index in [9.17, 15) is 4.79 Å². The third-order valence-electron chi connectivity index (χ3n) is 4.05. The molecule has 88 valence electrons. The highest BCUT2D eigenvalue weighted by atomic mass is 16.1. The molecule has 16 heavy (non-hydrogen) atoms. The maximum absolute atomic E-state index is 10.9. The van der Waals surface area contributed by atoms with Crippen molar-refractivity contribution < 1.29 is 4.79 Å². The van der Waals surface area contributed by atoms with Gasteiger partial charge in [0.1, 0.15) is 0 Å². The van der Waals surface area contributed by atoms with Crippen LogP contribution >= 0.6 is 0 Å². The zero-order valence-electron chi connectivity index (χ0n) is 10.5. The minimum atomic E-state index is 0.599. The van der Waals surface area contributed by atoms with Gasteiger partial charge in [-0.25, -0.2) is 0 Å². The summed E-state index contributed by atoms with van der Waals surface area (Å²) in [5.74, 6) is 0.734. The van der Waals surface area contributed by atoms with Crippen molar-refractivity contribution in [3.05, 3.63) is 23.0 Å². The van der Waals surface area contributed by atoms with Crippen molar-refractivity contribution in [1.29, 1.82) is 0 Å². The van der Waals surface area contributed by atoms with Gasteiger partial charge in [0.25, 0.3) is 0 Å². The fraction of sp³-hybridized carbons (Fsp3) is 0.643. The molecular formula is C14H21NO. The van der Waals surface area contributed by atoms with Crippen molar-refractivity contribution in [2.75, 3.05) is 0 Å². The van der Waals surface area contributed by atoms with Gasteiger partial charge in [0.05, 0.1) is 0 Å². The van der Waals surface area contributed by atoms with E-state index in [0.717, 1.165) is 23.5 Å². The standard InChI is InChI=1S/C14H21NO/c1-10-6-4-5-7-14(10)15-11(2)8-13(9-16)12(15)3/h8-10,14H,4-7H2,1-3H3. The van der Waals surface area contributed by atoms with Gasteiger partial charge in [-0.2, -0.15) is 0 Å². The monoisotopic (exact) mass is 219 g/mol. The smallest absolute Gasteiger partial charge is 0.151 e. The van der Waals surface area contributed by atoms with E-state index in [2.05, 4.69) is 25.3 Å². The van der Waals surface area contributed by atoms with Gasteiger partial charge in [-0.3, -0.25) is 4.79 Å². The van der Waals surface area contributed by atoms with Crippen molar-refractivity contribution in [3.63, 3.8) is 0 Å². The third-order valence-corrected chi connectivity index (χ3v) is 4.05. The fourth-order valence-electron chi connectivity index (χ4n) is 3.11. The van der Waals surface area contributed by atoms with Crippen molar-refractivity contribution in [2.24, 2.45) is 5.92 Å². The number of rotatable bonds is 2. The molecule has 0 saturated heterocycles. The molecule has 1 heterocycles. The quantitative estimate of drug-likeness (QED) is 0.696. The maximum atomic E-state index is 10.9. The molecular weight excluding hydrogens is 198 g/mol. The first-order chi connectivity index (χ1) is 7.65. The number of nitrogens with zero attached hydrogens (tertiary/aromatic N) is 1. The summed E-state index contributed by atoms with van der Waals surface area (Å²) in [5, 5.41) is 0. The van der Waals surface area contributed by atoms with Crippen LogP contribution in [0.25, 0.3) is 0 Å². The molecule has 2 atom stereocenters. The molecule has 2 nitrogen and oxygen atoms in total. The molecule has 1 saturated carbocycles. The van der Waals surface area contributed by atoms with Crippen molar-refractivity contribution in [2.45, 2.75) is 52.5 Å². The molecule has 1 aromatic heterocycles. The molecule has 1 aliphatic carbocycles. The first kappa shape index (κ1) is 11.4. The molecule has 0 N–H and O–H groups in total. The lowest BCUT2D eigenvalue weighted by molar-refractivity contribution is 0.112. The number of carbonyl (C=O) groups excluding carboxylic acids is 1. The lowest BCUT2D eigenvalue weighted by Gasteiger charge is -2.32. The second-order valence-electron chi connectivity index (χ2n) is 5.14. The van der Waals surface area contributed by atoms with Crippen LogP contribution in [0.2, 0.25) is 0 Å². The van der Waals surface area contributed by atoms with Gasteiger partial charge in [-0.05, 0) is 38.7 Å². The minimum Gasteiger partial charge on any atom is -0.345 e. The number of carbonyl (C=O) groups is 1. The van der Waals surface area contributed by atoms with Gasteiger partial charge >= 0.3 is 0 Å². The van der Waals surface area contributed by atoms with E-state index < -0.39 is 0 Å². The van der Waals surface area contributed by atoms with Crippen LogP contribution in [0, 0.1) is 19.8 Å². The van der Waals surface area contributed by atoms with Crippen LogP contribution in [0.4, 0.5) is 0 Å². The zero-order valence-corrected chi connectivity index (χ0v) is 10.5. The van der Waals surface area contributed by atoms with Crippen molar-refractivity contribution in [3.8, 4) is 0 Å². The molecule has 0 amide bonds. The molecule has 1 aliphatic rings. The first-order valence-corrected chi connectivity index (χ1v) is 6.28. The summed E-state index contributed by atoms with van der Waals surface area (Å²) in [6.45, 7) is 6.52. The molecule has 2 rings (SSSR count). The van der Waals surface area contributed by atoms with E-state index in [4.69, 9.17) is 0 Å². The van der Waals surface area contributed by atoms with Gasteiger partial charge < -0.3 is 4.57 Å². The summed E-state index contributed by atoms with van der Waals surface area (Å²) in [4.78, 5) is 10.9. The molecule has 2 heteroatoms. The largest absolute Gasteiger partial charge is 0.345 e. The van der Waals surface area contributed by atoms with Crippen LogP contribution in [0.1, 0.15) is 60.4 Å². The summed E-state index contributed by atoms with van der Waals surface area (Å²) in [7, 11) is 0. The van der Waals surface area contributed by atoms with Crippen LogP contribution in [-0.2, 0) is 0 Å². The Hall–Kier alpha value is -1.05. The maximum Gasteiger partial charge on any atom is 0.151 e. The third kappa shape index (κ3) is 1.81. The van der Waals surface area contributed by atoms with Crippen LogP contribution < -0.4 is 0 Å². The van der Waals surface area contributed by atoms with Crippen LogP contribution in [-0.4, -0.2) is 10.9 Å². The van der Waals surface area contributed by atoms with E-state index in [-0.39, 0.29) is 0 Å². The zero-order chi connectivity index (χ0) is 11.7. The molecule has 0 aliphatic heterocycles. The summed E-state index contributed by atoms with van der Waals surface area (Å²) in [6, 6.07) is 2.62. The number of hydrogen-bond acceptors (Lipinski definition) is 1. The van der Waals surface area contributed by atoms with Crippen molar-refractivity contribution >= 4 is 6.29 Å². The topological polar surface area (TPSA) is 22.0 Å². The summed E-state index contributed by atoms with van der Waals surface area (Å²) >= 11 is 0. The van der Waals surface area contributed by atoms with E-state index in [1.54, 1.807) is 0 Å². The number of aromatic nitrogens is 1. The van der Waals surface area contributed by atoms with E-state index in [1.807, 2.05) is 6.07 Å². The summed E-state index contributed by atoms with van der Waals surface area (Å²) in [5.41, 5.74) is 3.24. The Morgan fingerprint density at radius 2 is 2.00 bits per heavy atom. The molecule has 1 fully saturated rings. The van der Waals surface area contributed by atoms with E-state index >= 15 is 0 Å². The molecule has 0 radical (unpaired) electrons. The molecule has 0 aromatic carbocycles. The Labute approximate surface area is 97.7 Å². The van der Waals surface area contributed by atoms with E-state index in [0.29, 0.717) is 6.04 Å². The Morgan fingerprint density at radius 1 is 1.31 bits per heavy atom. The Balaban J connectivity index is 2.38. The van der Waals surface area contributed by atoms with Crippen LogP contribution in [0.5, 0.6) is 0 Å². The predicted molar refractivity (Wildman–Crippen MR) is 66.0 cm³/mol. The predicted octanol–water partition coefficient (Wildman–Crippen LogP) is 3.67. The van der Waals surface area contributed by atoms with Gasteiger partial charge in [0, 0.05) is 23.0 Å². The average molecular weight is 219 g/mol. The highest BCUT2D eigenvalue weighted by molar-refractivity contribution is 5.77. The summed E-state index contributed by atoms with van der Waals surface area (Å²) < 4.78 is 2.38. The first-order valence-electron chi connectivity index (χ1n) is 6.28. The summed E-state index contributed by atoms with van der Waals surface area (Å²) in [6.07, 6.45) is 6.24. The van der Waals surface area contributed by atoms with Gasteiger partial charge in [-0.1, -0.05) is 19.8 Å². The highest BCUT2D eigenvalue weighted by Gasteiger charge is 2.25. The Kier molecular flexibility index (Phi) is 3.17. The highest BCUT2D eigenvalue weighted by Crippen LogP contribution is 2.36. The second-order valence-corrected chi connectivity index (χ2v) is 5.14. The SMILES string of the molecule is Cc1cc(C=O)c(C)n1C1CCCCC1C.